The Morgan fingerprint density at radius 1 is 1.38 bits per heavy atom. The van der Waals surface area contributed by atoms with Crippen LogP contribution in [0, 0.1) is 0 Å². The van der Waals surface area contributed by atoms with Gasteiger partial charge in [-0.2, -0.15) is 0 Å². The molecule has 0 aliphatic rings. The number of carbonyl (C=O) groups excluding carboxylic acids is 1. The molecule has 0 unspecified atom stereocenters. The van der Waals surface area contributed by atoms with Crippen molar-refractivity contribution in [1.29, 1.82) is 0 Å². The molecule has 3 nitrogen and oxygen atoms in total. The van der Waals surface area contributed by atoms with E-state index in [2.05, 4.69) is 25.2 Å². The molecule has 3 heteroatoms. The highest BCUT2D eigenvalue weighted by Gasteiger charge is 2.11. The van der Waals surface area contributed by atoms with Crippen molar-refractivity contribution in [1.82, 2.24) is 10.2 Å². The maximum atomic E-state index is 11.4. The van der Waals surface area contributed by atoms with Gasteiger partial charge in [-0.3, -0.25) is 4.90 Å². The maximum absolute atomic E-state index is 11.4. The molecule has 0 aromatic rings. The van der Waals surface area contributed by atoms with Crippen molar-refractivity contribution in [3.05, 3.63) is 11.8 Å². The minimum atomic E-state index is -0.0240. The summed E-state index contributed by atoms with van der Waals surface area (Å²) in [7, 11) is 1.66. The molecule has 0 aliphatic heterocycles. The number of carbonyl (C=O) groups is 1. The summed E-state index contributed by atoms with van der Waals surface area (Å²) in [5.74, 6) is 0. The van der Waals surface area contributed by atoms with Crippen LogP contribution in [-0.2, 0) is 0 Å². The van der Waals surface area contributed by atoms with Crippen LogP contribution in [0.4, 0.5) is 4.79 Å². The van der Waals surface area contributed by atoms with E-state index < -0.39 is 0 Å². The molecule has 0 spiro atoms. The molecule has 1 N–H and O–H groups in total. The zero-order valence-electron chi connectivity index (χ0n) is 9.05. The van der Waals surface area contributed by atoms with E-state index >= 15 is 0 Å². The first kappa shape index (κ1) is 12.0. The number of hydrogen-bond donors (Lipinski definition) is 1. The molecule has 0 fully saturated rings. The van der Waals surface area contributed by atoms with E-state index in [1.165, 1.54) is 0 Å². The van der Waals surface area contributed by atoms with E-state index in [4.69, 9.17) is 0 Å². The highest BCUT2D eigenvalue weighted by molar-refractivity contribution is 5.75. The van der Waals surface area contributed by atoms with Gasteiger partial charge in [0.2, 0.25) is 0 Å². The summed E-state index contributed by atoms with van der Waals surface area (Å²) in [4.78, 5) is 13.2. The standard InChI is InChI=1S/C10H20N2O/c1-5-8-9(6-2)12(7-3)10(13)11-4/h8H,5-7H2,1-4H3,(H,11,13)/b9-8+. The van der Waals surface area contributed by atoms with Crippen LogP contribution in [0.5, 0.6) is 0 Å². The first-order chi connectivity index (χ1) is 6.21. The summed E-state index contributed by atoms with van der Waals surface area (Å²) < 4.78 is 0. The third-order valence-electron chi connectivity index (χ3n) is 1.92. The van der Waals surface area contributed by atoms with Crippen molar-refractivity contribution >= 4 is 6.03 Å². The quantitative estimate of drug-likeness (QED) is 0.714. The molecule has 0 atom stereocenters. The molecule has 0 radical (unpaired) electrons. The van der Waals surface area contributed by atoms with Crippen LogP contribution in [0.2, 0.25) is 0 Å². The van der Waals surface area contributed by atoms with Gasteiger partial charge in [-0.15, -0.1) is 0 Å². The lowest BCUT2D eigenvalue weighted by Crippen LogP contribution is -2.37. The minimum Gasteiger partial charge on any atom is -0.341 e. The van der Waals surface area contributed by atoms with Crippen LogP contribution in [-0.4, -0.2) is 24.5 Å². The highest BCUT2D eigenvalue weighted by Crippen LogP contribution is 2.09. The maximum Gasteiger partial charge on any atom is 0.321 e. The van der Waals surface area contributed by atoms with Gasteiger partial charge < -0.3 is 5.32 Å². The largest absolute Gasteiger partial charge is 0.341 e. The lowest BCUT2D eigenvalue weighted by atomic mass is 10.2. The van der Waals surface area contributed by atoms with Crippen LogP contribution < -0.4 is 5.32 Å². The Kier molecular flexibility index (Phi) is 6.02. The summed E-state index contributed by atoms with van der Waals surface area (Å²) in [6.07, 6.45) is 3.96. The third kappa shape index (κ3) is 3.49. The van der Waals surface area contributed by atoms with Crippen LogP contribution in [0.15, 0.2) is 11.8 Å². The van der Waals surface area contributed by atoms with Crippen molar-refractivity contribution in [3.63, 3.8) is 0 Å². The predicted octanol–water partition coefficient (Wildman–Crippen LogP) is 2.35. The number of nitrogens with zero attached hydrogens (tertiary/aromatic N) is 1. The fraction of sp³-hybridized carbons (Fsp3) is 0.700. The summed E-state index contributed by atoms with van der Waals surface area (Å²) in [5, 5.41) is 2.64. The van der Waals surface area contributed by atoms with Gasteiger partial charge in [-0.05, 0) is 19.8 Å². The van der Waals surface area contributed by atoms with E-state index in [9.17, 15) is 4.79 Å². The fourth-order valence-corrected chi connectivity index (χ4v) is 1.29. The van der Waals surface area contributed by atoms with Crippen molar-refractivity contribution in [3.8, 4) is 0 Å². The first-order valence-electron chi connectivity index (χ1n) is 4.89. The van der Waals surface area contributed by atoms with E-state index in [1.54, 1.807) is 11.9 Å². The molecule has 13 heavy (non-hydrogen) atoms. The molecular formula is C10H20N2O. The van der Waals surface area contributed by atoms with Crippen molar-refractivity contribution in [2.75, 3.05) is 13.6 Å². The van der Waals surface area contributed by atoms with Crippen LogP contribution >= 0.6 is 0 Å². The number of nitrogens with one attached hydrogen (secondary N) is 1. The monoisotopic (exact) mass is 184 g/mol. The lowest BCUT2D eigenvalue weighted by Gasteiger charge is -2.22. The van der Waals surface area contributed by atoms with Gasteiger partial charge in [0, 0.05) is 19.3 Å². The second-order valence-corrected chi connectivity index (χ2v) is 2.76. The van der Waals surface area contributed by atoms with Crippen molar-refractivity contribution in [2.24, 2.45) is 0 Å². The third-order valence-corrected chi connectivity index (χ3v) is 1.92. The van der Waals surface area contributed by atoms with Crippen molar-refractivity contribution < 1.29 is 4.79 Å². The molecule has 0 saturated carbocycles. The van der Waals surface area contributed by atoms with Gasteiger partial charge in [0.25, 0.3) is 0 Å². The molecule has 0 heterocycles. The Labute approximate surface area is 80.8 Å². The molecule has 0 aromatic carbocycles. The number of amides is 2. The van der Waals surface area contributed by atoms with Gasteiger partial charge in [0.15, 0.2) is 0 Å². The number of hydrogen-bond acceptors (Lipinski definition) is 1. The molecular weight excluding hydrogens is 164 g/mol. The van der Waals surface area contributed by atoms with E-state index in [0.717, 1.165) is 25.1 Å². The Hall–Kier alpha value is -0.990. The van der Waals surface area contributed by atoms with E-state index in [1.807, 2.05) is 6.92 Å². The molecule has 2 amide bonds. The van der Waals surface area contributed by atoms with Gasteiger partial charge >= 0.3 is 6.03 Å². The highest BCUT2D eigenvalue weighted by atomic mass is 16.2. The summed E-state index contributed by atoms with van der Waals surface area (Å²) >= 11 is 0. The lowest BCUT2D eigenvalue weighted by molar-refractivity contribution is 0.214. The average molecular weight is 184 g/mol. The molecule has 76 valence electrons. The molecule has 0 aliphatic carbocycles. The van der Waals surface area contributed by atoms with E-state index in [0.29, 0.717) is 0 Å². The predicted molar refractivity (Wildman–Crippen MR) is 55.5 cm³/mol. The summed E-state index contributed by atoms with van der Waals surface area (Å²) in [6, 6.07) is -0.0240. The molecule has 0 bridgehead atoms. The van der Waals surface area contributed by atoms with E-state index in [-0.39, 0.29) is 6.03 Å². The van der Waals surface area contributed by atoms with Crippen LogP contribution in [0.3, 0.4) is 0 Å². The minimum absolute atomic E-state index is 0.0240. The van der Waals surface area contributed by atoms with Gasteiger partial charge in [0.05, 0.1) is 0 Å². The van der Waals surface area contributed by atoms with Crippen LogP contribution in [0.1, 0.15) is 33.6 Å². The number of allylic oxidation sites excluding steroid dienone is 2. The zero-order valence-corrected chi connectivity index (χ0v) is 9.05. The SMILES string of the molecule is CC/C=C(\CC)N(CC)C(=O)NC. The van der Waals surface area contributed by atoms with Crippen molar-refractivity contribution in [2.45, 2.75) is 33.6 Å². The Morgan fingerprint density at radius 2 is 2.00 bits per heavy atom. The second-order valence-electron chi connectivity index (χ2n) is 2.76. The van der Waals surface area contributed by atoms with Crippen LogP contribution in [0.25, 0.3) is 0 Å². The molecule has 0 aromatic heterocycles. The van der Waals surface area contributed by atoms with Gasteiger partial charge in [-0.25, -0.2) is 4.79 Å². The Balaban J connectivity index is 4.52. The second kappa shape index (κ2) is 6.52. The number of rotatable bonds is 4. The Bertz CT molecular complexity index is 187. The van der Waals surface area contributed by atoms with Gasteiger partial charge in [0.1, 0.15) is 0 Å². The Morgan fingerprint density at radius 3 is 2.31 bits per heavy atom. The average Bonchev–Trinajstić information content (AvgIpc) is 2.17. The summed E-state index contributed by atoms with van der Waals surface area (Å²) in [5.41, 5.74) is 1.10. The fourth-order valence-electron chi connectivity index (χ4n) is 1.29. The normalized spacial score (nSPS) is 11.2. The molecule has 0 rings (SSSR count). The molecule has 0 saturated heterocycles. The summed E-state index contributed by atoms with van der Waals surface area (Å²) in [6.45, 7) is 6.84. The zero-order chi connectivity index (χ0) is 10.3. The topological polar surface area (TPSA) is 32.3 Å². The number of urea groups is 1. The van der Waals surface area contributed by atoms with Gasteiger partial charge in [-0.1, -0.05) is 19.9 Å². The smallest absolute Gasteiger partial charge is 0.321 e. The first-order valence-corrected chi connectivity index (χ1v) is 4.89.